The Morgan fingerprint density at radius 1 is 1.41 bits per heavy atom. The molecule has 1 rings (SSSR count). The molecule has 1 aromatic heterocycles. The van der Waals surface area contributed by atoms with Crippen molar-refractivity contribution in [3.05, 3.63) is 22.9 Å². The fourth-order valence-electron chi connectivity index (χ4n) is 1.20. The first-order valence-corrected chi connectivity index (χ1v) is 4.20. The minimum absolute atomic E-state index is 0.0963. The second kappa shape index (κ2) is 4.64. The third-order valence-electron chi connectivity index (χ3n) is 1.89. The molecule has 3 nitrogen and oxygen atoms in total. The third-order valence-corrected chi connectivity index (χ3v) is 1.89. The van der Waals surface area contributed by atoms with E-state index in [1.165, 1.54) is 0 Å². The predicted octanol–water partition coefficient (Wildman–Crippen LogP) is 2.86. The summed E-state index contributed by atoms with van der Waals surface area (Å²) in [6.45, 7) is 0. The molecule has 0 saturated carbocycles. The van der Waals surface area contributed by atoms with Crippen LogP contribution in [0.5, 0.6) is 5.88 Å². The number of methoxy groups -OCH3 is 1. The second-order valence-electron chi connectivity index (χ2n) is 2.93. The molecule has 0 fully saturated rings. The van der Waals surface area contributed by atoms with Crippen LogP contribution in [0.3, 0.4) is 0 Å². The number of pyridine rings is 1. The number of halogens is 5. The Kier molecular flexibility index (Phi) is 3.64. The normalized spacial score (nSPS) is 11.7. The maximum absolute atomic E-state index is 12.5. The Bertz CT molecular complexity index is 430. The summed E-state index contributed by atoms with van der Waals surface area (Å²) in [5.74, 6) is -0.552. The maximum Gasteiger partial charge on any atom is 0.433 e. The number of hydrogen-bond acceptors (Lipinski definition) is 3. The summed E-state index contributed by atoms with van der Waals surface area (Å²) in [7, 11) is 1.01. The highest BCUT2D eigenvalue weighted by Gasteiger charge is 2.39. The first-order chi connectivity index (χ1) is 7.81. The average molecular weight is 255 g/mol. The van der Waals surface area contributed by atoms with Gasteiger partial charge in [0.05, 0.1) is 12.7 Å². The van der Waals surface area contributed by atoms with Crippen molar-refractivity contribution in [3.63, 3.8) is 0 Å². The van der Waals surface area contributed by atoms with Crippen LogP contribution in [0, 0.1) is 0 Å². The van der Waals surface area contributed by atoms with Gasteiger partial charge in [-0.3, -0.25) is 4.79 Å². The summed E-state index contributed by atoms with van der Waals surface area (Å²) in [6.07, 6.45) is -8.64. The SMILES string of the molecule is COc1cc(C=O)c(C(F)F)c(C(F)(F)F)n1. The first kappa shape index (κ1) is 13.3. The van der Waals surface area contributed by atoms with Crippen molar-refractivity contribution in [1.29, 1.82) is 0 Å². The number of aldehydes is 1. The van der Waals surface area contributed by atoms with Gasteiger partial charge < -0.3 is 4.74 Å². The Labute approximate surface area is 92.2 Å². The molecule has 17 heavy (non-hydrogen) atoms. The number of rotatable bonds is 3. The summed E-state index contributed by atoms with van der Waals surface area (Å²) >= 11 is 0. The van der Waals surface area contributed by atoms with Gasteiger partial charge in [0.1, 0.15) is 0 Å². The zero-order valence-electron chi connectivity index (χ0n) is 8.39. The van der Waals surface area contributed by atoms with E-state index in [4.69, 9.17) is 0 Å². The highest BCUT2D eigenvalue weighted by atomic mass is 19.4. The van der Waals surface area contributed by atoms with E-state index in [2.05, 4.69) is 9.72 Å². The minimum Gasteiger partial charge on any atom is -0.481 e. The zero-order valence-corrected chi connectivity index (χ0v) is 8.39. The van der Waals surface area contributed by atoms with E-state index < -0.39 is 35.3 Å². The molecule has 0 aliphatic rings. The molecule has 0 radical (unpaired) electrons. The Hall–Kier alpha value is -1.73. The fourth-order valence-corrected chi connectivity index (χ4v) is 1.20. The molecule has 0 amide bonds. The summed E-state index contributed by atoms with van der Waals surface area (Å²) in [6, 6.07) is 0.726. The summed E-state index contributed by atoms with van der Waals surface area (Å²) in [5.41, 5.74) is -4.04. The second-order valence-corrected chi connectivity index (χ2v) is 2.93. The highest BCUT2D eigenvalue weighted by Crippen LogP contribution is 2.37. The van der Waals surface area contributed by atoms with Gasteiger partial charge >= 0.3 is 6.18 Å². The van der Waals surface area contributed by atoms with Gasteiger partial charge in [0.25, 0.3) is 6.43 Å². The molecule has 0 aromatic carbocycles. The van der Waals surface area contributed by atoms with E-state index in [0.717, 1.165) is 13.2 Å². The van der Waals surface area contributed by atoms with Crippen LogP contribution in [-0.4, -0.2) is 18.4 Å². The molecule has 0 bridgehead atoms. The van der Waals surface area contributed by atoms with Crippen LogP contribution in [0.2, 0.25) is 0 Å². The molecule has 0 N–H and O–H groups in total. The van der Waals surface area contributed by atoms with Crippen LogP contribution in [-0.2, 0) is 6.18 Å². The van der Waals surface area contributed by atoms with E-state index in [1.54, 1.807) is 0 Å². The lowest BCUT2D eigenvalue weighted by Gasteiger charge is -2.14. The van der Waals surface area contributed by atoms with Crippen LogP contribution in [0.15, 0.2) is 6.07 Å². The van der Waals surface area contributed by atoms with Crippen LogP contribution < -0.4 is 4.74 Å². The van der Waals surface area contributed by atoms with Crippen LogP contribution in [0.1, 0.15) is 28.0 Å². The molecule has 0 atom stereocenters. The summed E-state index contributed by atoms with van der Waals surface area (Å²) in [5, 5.41) is 0. The van der Waals surface area contributed by atoms with Crippen molar-refractivity contribution in [3.8, 4) is 5.88 Å². The first-order valence-electron chi connectivity index (χ1n) is 4.20. The smallest absolute Gasteiger partial charge is 0.433 e. The Morgan fingerprint density at radius 3 is 2.35 bits per heavy atom. The van der Waals surface area contributed by atoms with Crippen molar-refractivity contribution in [2.45, 2.75) is 12.6 Å². The van der Waals surface area contributed by atoms with Gasteiger partial charge in [-0.25, -0.2) is 13.8 Å². The standard InChI is InChI=1S/C9H6F5NO2/c1-17-5-2-4(3-16)6(8(10)11)7(15-5)9(12,13)14/h2-3,8H,1H3. The molecule has 94 valence electrons. The molecular formula is C9H6F5NO2. The maximum atomic E-state index is 12.5. The average Bonchev–Trinajstić information content (AvgIpc) is 2.25. The number of ether oxygens (including phenoxy) is 1. The van der Waals surface area contributed by atoms with E-state index in [-0.39, 0.29) is 6.29 Å². The lowest BCUT2D eigenvalue weighted by Crippen LogP contribution is -2.15. The topological polar surface area (TPSA) is 39.2 Å². The lowest BCUT2D eigenvalue weighted by molar-refractivity contribution is -0.143. The molecular weight excluding hydrogens is 249 g/mol. The van der Waals surface area contributed by atoms with Crippen molar-refractivity contribution in [2.75, 3.05) is 7.11 Å². The molecule has 0 saturated heterocycles. The van der Waals surface area contributed by atoms with Gasteiger partial charge in [-0.1, -0.05) is 0 Å². The van der Waals surface area contributed by atoms with E-state index >= 15 is 0 Å². The number of aromatic nitrogens is 1. The summed E-state index contributed by atoms with van der Waals surface area (Å²) < 4.78 is 66.8. The van der Waals surface area contributed by atoms with Gasteiger partial charge in [-0.05, 0) is 0 Å². The van der Waals surface area contributed by atoms with Gasteiger partial charge in [0.15, 0.2) is 12.0 Å². The van der Waals surface area contributed by atoms with Gasteiger partial charge in [-0.2, -0.15) is 13.2 Å². The molecule has 0 spiro atoms. The van der Waals surface area contributed by atoms with Gasteiger partial charge in [0.2, 0.25) is 5.88 Å². The van der Waals surface area contributed by atoms with Crippen LogP contribution in [0.4, 0.5) is 22.0 Å². The Balaban J connectivity index is 3.58. The van der Waals surface area contributed by atoms with Crippen LogP contribution in [0.25, 0.3) is 0 Å². The lowest BCUT2D eigenvalue weighted by atomic mass is 10.1. The molecule has 0 aliphatic heterocycles. The number of carbonyl (C=O) groups is 1. The van der Waals surface area contributed by atoms with Crippen molar-refractivity contribution in [2.24, 2.45) is 0 Å². The predicted molar refractivity (Wildman–Crippen MR) is 46.1 cm³/mol. The highest BCUT2D eigenvalue weighted by molar-refractivity contribution is 5.78. The number of hydrogen-bond donors (Lipinski definition) is 0. The number of carbonyl (C=O) groups excluding carboxylic acids is 1. The quantitative estimate of drug-likeness (QED) is 0.615. The van der Waals surface area contributed by atoms with Gasteiger partial charge in [-0.15, -0.1) is 0 Å². The monoisotopic (exact) mass is 255 g/mol. The summed E-state index contributed by atoms with van der Waals surface area (Å²) in [4.78, 5) is 13.4. The molecule has 1 aromatic rings. The fraction of sp³-hybridized carbons (Fsp3) is 0.333. The van der Waals surface area contributed by atoms with E-state index in [1.807, 2.05) is 0 Å². The molecule has 1 heterocycles. The van der Waals surface area contributed by atoms with E-state index in [0.29, 0.717) is 0 Å². The minimum atomic E-state index is -5.09. The van der Waals surface area contributed by atoms with E-state index in [9.17, 15) is 26.7 Å². The van der Waals surface area contributed by atoms with Gasteiger partial charge in [0, 0.05) is 11.6 Å². The number of nitrogens with zero attached hydrogens (tertiary/aromatic N) is 1. The third kappa shape index (κ3) is 2.69. The number of alkyl halides is 5. The van der Waals surface area contributed by atoms with Crippen molar-refractivity contribution >= 4 is 6.29 Å². The molecule has 0 unspecified atom stereocenters. The van der Waals surface area contributed by atoms with Crippen molar-refractivity contribution < 1.29 is 31.5 Å². The van der Waals surface area contributed by atoms with Crippen LogP contribution >= 0.6 is 0 Å². The zero-order chi connectivity index (χ0) is 13.2. The Morgan fingerprint density at radius 2 is 2.00 bits per heavy atom. The molecule has 8 heteroatoms. The largest absolute Gasteiger partial charge is 0.481 e. The van der Waals surface area contributed by atoms with Crippen molar-refractivity contribution in [1.82, 2.24) is 4.98 Å². The molecule has 0 aliphatic carbocycles.